The van der Waals surface area contributed by atoms with Crippen LogP contribution in [0.3, 0.4) is 0 Å². The Kier molecular flexibility index (Phi) is 6.32. The molecule has 5 rings (SSSR count). The van der Waals surface area contributed by atoms with E-state index in [2.05, 4.69) is 58.0 Å². The Hall–Kier alpha value is -2.57. The molecule has 3 fully saturated rings. The first kappa shape index (κ1) is 21.3. The highest BCUT2D eigenvalue weighted by atomic mass is 16.2. The molecule has 2 amide bonds. The van der Waals surface area contributed by atoms with Gasteiger partial charge in [-0.3, -0.25) is 4.90 Å². The summed E-state index contributed by atoms with van der Waals surface area (Å²) in [4.78, 5) is 18.3. The molecule has 32 heavy (non-hydrogen) atoms. The Balaban J connectivity index is 0.995. The molecule has 2 aromatic rings. The minimum atomic E-state index is 0.0841. The van der Waals surface area contributed by atoms with E-state index in [9.17, 15) is 4.79 Å². The zero-order valence-electron chi connectivity index (χ0n) is 19.0. The van der Waals surface area contributed by atoms with Crippen molar-refractivity contribution in [3.8, 4) is 0 Å². The predicted molar refractivity (Wildman–Crippen MR) is 130 cm³/mol. The van der Waals surface area contributed by atoms with Gasteiger partial charge in [0, 0.05) is 62.6 Å². The molecule has 1 aliphatic carbocycles. The number of piperidine rings is 1. The van der Waals surface area contributed by atoms with E-state index in [1.54, 1.807) is 4.90 Å². The molecular weight excluding hydrogens is 398 g/mol. The van der Waals surface area contributed by atoms with Gasteiger partial charge in [0.15, 0.2) is 0 Å². The lowest BCUT2D eigenvalue weighted by atomic mass is 10.0. The van der Waals surface area contributed by atoms with Crippen molar-refractivity contribution >= 4 is 17.4 Å². The van der Waals surface area contributed by atoms with Crippen LogP contribution in [0.25, 0.3) is 0 Å². The molecule has 0 spiro atoms. The number of rotatable bonds is 8. The maximum Gasteiger partial charge on any atom is 0.324 e. The number of nitrogens with one attached hydrogen (secondary N) is 2. The summed E-state index contributed by atoms with van der Waals surface area (Å²) in [7, 11) is 1.85. The highest BCUT2D eigenvalue weighted by Gasteiger charge is 2.39. The molecule has 0 unspecified atom stereocenters. The normalized spacial score (nSPS) is 24.2. The third-order valence-electron chi connectivity index (χ3n) is 7.21. The van der Waals surface area contributed by atoms with Crippen molar-refractivity contribution in [3.63, 3.8) is 0 Å². The van der Waals surface area contributed by atoms with E-state index < -0.39 is 0 Å². The summed E-state index contributed by atoms with van der Waals surface area (Å²) in [6.07, 6.45) is 3.77. The van der Waals surface area contributed by atoms with Gasteiger partial charge in [0.2, 0.25) is 0 Å². The summed E-state index contributed by atoms with van der Waals surface area (Å²) < 4.78 is 0. The number of carbonyl (C=O) groups is 1. The fourth-order valence-corrected chi connectivity index (χ4v) is 5.08. The molecule has 2 saturated heterocycles. The highest BCUT2D eigenvalue weighted by Crippen LogP contribution is 2.41. The average Bonchev–Trinajstić information content (AvgIpc) is 3.52. The topological polar surface area (TPSA) is 50.9 Å². The maximum absolute atomic E-state index is 12.1. The second-order valence-corrected chi connectivity index (χ2v) is 9.47. The summed E-state index contributed by atoms with van der Waals surface area (Å²) in [6.45, 7) is 5.92. The smallest absolute Gasteiger partial charge is 0.324 e. The van der Waals surface area contributed by atoms with Crippen molar-refractivity contribution < 1.29 is 4.79 Å². The van der Waals surface area contributed by atoms with Crippen LogP contribution >= 0.6 is 0 Å². The summed E-state index contributed by atoms with van der Waals surface area (Å²) in [5, 5.41) is 7.44. The number of likely N-dealkylation sites (tertiary alicyclic amines) is 1. The monoisotopic (exact) mass is 433 g/mol. The Bertz CT molecular complexity index is 894. The van der Waals surface area contributed by atoms with E-state index in [1.165, 1.54) is 37.9 Å². The van der Waals surface area contributed by atoms with Crippen LogP contribution in [0.4, 0.5) is 16.2 Å². The largest absolute Gasteiger partial charge is 0.384 e. The van der Waals surface area contributed by atoms with Crippen molar-refractivity contribution in [2.75, 3.05) is 56.5 Å². The second kappa shape index (κ2) is 9.51. The second-order valence-electron chi connectivity index (χ2n) is 9.47. The fraction of sp³-hybridized carbons (Fsp3) is 0.500. The summed E-state index contributed by atoms with van der Waals surface area (Å²) >= 11 is 0. The molecule has 2 heterocycles. The van der Waals surface area contributed by atoms with Crippen LogP contribution in [0.2, 0.25) is 0 Å². The zero-order valence-corrected chi connectivity index (χ0v) is 19.0. The van der Waals surface area contributed by atoms with Crippen LogP contribution in [0.15, 0.2) is 54.6 Å². The first-order chi connectivity index (χ1) is 15.7. The number of likely N-dealkylation sites (N-methyl/N-ethyl adjacent to an activating group) is 1. The van der Waals surface area contributed by atoms with Gasteiger partial charge in [0.25, 0.3) is 0 Å². The standard InChI is InChI=1S/C26H35N5O/c1-29-17-18-31(26(29)32)23-9-7-21(8-10-23)27-13-16-30-14-11-22(12-15-30)28-25-19-24(25)20-5-3-2-4-6-20/h2-10,22,24-25,27-28H,11-19H2,1H3/t24-,25+/m0/s1. The molecule has 0 bridgehead atoms. The Labute approximate surface area is 191 Å². The van der Waals surface area contributed by atoms with Gasteiger partial charge >= 0.3 is 6.03 Å². The number of hydrogen-bond donors (Lipinski definition) is 2. The van der Waals surface area contributed by atoms with E-state index in [-0.39, 0.29) is 6.03 Å². The van der Waals surface area contributed by atoms with Crippen molar-refractivity contribution in [2.24, 2.45) is 0 Å². The van der Waals surface area contributed by atoms with Gasteiger partial charge in [-0.05, 0) is 62.2 Å². The predicted octanol–water partition coefficient (Wildman–Crippen LogP) is 3.58. The van der Waals surface area contributed by atoms with E-state index >= 15 is 0 Å². The molecule has 2 aliphatic heterocycles. The van der Waals surface area contributed by atoms with E-state index in [1.807, 2.05) is 24.1 Å². The van der Waals surface area contributed by atoms with Crippen molar-refractivity contribution in [3.05, 3.63) is 60.2 Å². The molecule has 0 aromatic heterocycles. The summed E-state index contributed by atoms with van der Waals surface area (Å²) in [5.74, 6) is 0.717. The third-order valence-corrected chi connectivity index (χ3v) is 7.21. The molecule has 6 heteroatoms. The van der Waals surface area contributed by atoms with Crippen LogP contribution in [0.5, 0.6) is 0 Å². The molecule has 2 atom stereocenters. The molecular formula is C26H35N5O. The van der Waals surface area contributed by atoms with Gasteiger partial charge < -0.3 is 20.4 Å². The number of anilines is 2. The van der Waals surface area contributed by atoms with Gasteiger partial charge in [-0.2, -0.15) is 0 Å². The first-order valence-corrected chi connectivity index (χ1v) is 12.1. The highest BCUT2D eigenvalue weighted by molar-refractivity contribution is 5.94. The number of benzene rings is 2. The summed E-state index contributed by atoms with van der Waals surface area (Å²) in [5.41, 5.74) is 3.58. The van der Waals surface area contributed by atoms with Crippen LogP contribution in [0.1, 0.15) is 30.7 Å². The van der Waals surface area contributed by atoms with Gasteiger partial charge in [-0.15, -0.1) is 0 Å². The number of carbonyl (C=O) groups excluding carboxylic acids is 1. The minimum absolute atomic E-state index is 0.0841. The Morgan fingerprint density at radius 1 is 0.938 bits per heavy atom. The lowest BCUT2D eigenvalue weighted by Gasteiger charge is -2.32. The maximum atomic E-state index is 12.1. The average molecular weight is 434 g/mol. The van der Waals surface area contributed by atoms with Crippen molar-refractivity contribution in [2.45, 2.75) is 37.3 Å². The molecule has 2 N–H and O–H groups in total. The molecule has 0 radical (unpaired) electrons. The Morgan fingerprint density at radius 3 is 2.38 bits per heavy atom. The van der Waals surface area contributed by atoms with E-state index in [0.29, 0.717) is 18.0 Å². The number of hydrogen-bond acceptors (Lipinski definition) is 4. The summed E-state index contributed by atoms with van der Waals surface area (Å²) in [6, 6.07) is 20.6. The molecule has 170 valence electrons. The van der Waals surface area contributed by atoms with Crippen LogP contribution in [0, 0.1) is 0 Å². The number of urea groups is 1. The lowest BCUT2D eigenvalue weighted by molar-refractivity contribution is 0.203. The SMILES string of the molecule is CN1CCN(c2ccc(NCCN3CCC(N[C@@H]4C[C@H]4c4ccccc4)CC3)cc2)C1=O. The minimum Gasteiger partial charge on any atom is -0.384 e. The number of amides is 2. The lowest BCUT2D eigenvalue weighted by Crippen LogP contribution is -2.44. The van der Waals surface area contributed by atoms with Crippen LogP contribution in [-0.4, -0.2) is 74.2 Å². The van der Waals surface area contributed by atoms with Gasteiger partial charge in [0.05, 0.1) is 0 Å². The van der Waals surface area contributed by atoms with E-state index in [4.69, 9.17) is 0 Å². The first-order valence-electron chi connectivity index (χ1n) is 12.1. The molecule has 1 saturated carbocycles. The van der Waals surface area contributed by atoms with Gasteiger partial charge in [-0.1, -0.05) is 30.3 Å². The van der Waals surface area contributed by atoms with Gasteiger partial charge in [-0.25, -0.2) is 4.79 Å². The van der Waals surface area contributed by atoms with Crippen LogP contribution < -0.4 is 15.5 Å². The number of nitrogens with zero attached hydrogens (tertiary/aromatic N) is 3. The zero-order chi connectivity index (χ0) is 21.9. The molecule has 2 aromatic carbocycles. The molecule has 3 aliphatic rings. The van der Waals surface area contributed by atoms with Gasteiger partial charge in [0.1, 0.15) is 0 Å². The van der Waals surface area contributed by atoms with Crippen LogP contribution in [-0.2, 0) is 0 Å². The van der Waals surface area contributed by atoms with E-state index in [0.717, 1.165) is 37.6 Å². The third kappa shape index (κ3) is 4.92. The quantitative estimate of drug-likeness (QED) is 0.668. The fourth-order valence-electron chi connectivity index (χ4n) is 5.08. The molecule has 6 nitrogen and oxygen atoms in total. The van der Waals surface area contributed by atoms with Crippen molar-refractivity contribution in [1.29, 1.82) is 0 Å². The Morgan fingerprint density at radius 2 is 1.69 bits per heavy atom. The van der Waals surface area contributed by atoms with Crippen molar-refractivity contribution in [1.82, 2.24) is 15.1 Å².